The molecule has 196 valence electrons. The Morgan fingerprint density at radius 1 is 0.600 bits per heavy atom. The van der Waals surface area contributed by atoms with Gasteiger partial charge in [0.1, 0.15) is 0 Å². The molecule has 0 aromatic heterocycles. The van der Waals surface area contributed by atoms with Crippen molar-refractivity contribution in [3.63, 3.8) is 0 Å². The summed E-state index contributed by atoms with van der Waals surface area (Å²) in [6, 6.07) is 0.648. The molecule has 0 amide bonds. The first-order valence-corrected chi connectivity index (χ1v) is 17.4. The fourth-order valence-electron chi connectivity index (χ4n) is 2.82. The predicted molar refractivity (Wildman–Crippen MR) is 157 cm³/mol. The predicted octanol–water partition coefficient (Wildman–Crippen LogP) is 9.27. The summed E-state index contributed by atoms with van der Waals surface area (Å²) in [4.78, 5) is 0. The average molecular weight is 583 g/mol. The Morgan fingerprint density at radius 3 is 0.857 bits per heavy atom. The second-order valence-electron chi connectivity index (χ2n) is 9.65. The van der Waals surface area contributed by atoms with Gasteiger partial charge in [0.15, 0.2) is 0 Å². The molecule has 6 heteroatoms. The molecule has 35 heavy (non-hydrogen) atoms. The van der Waals surface area contributed by atoms with E-state index in [9.17, 15) is 0 Å². The van der Waals surface area contributed by atoms with Crippen LogP contribution in [-0.4, -0.2) is 31.1 Å². The number of allylic oxidation sites excluding steroid dienone is 8. The van der Waals surface area contributed by atoms with Gasteiger partial charge in [-0.2, -0.15) is 22.3 Å². The molecular formula is C29H54N2Si2Ti2. The largest absolute Gasteiger partial charge is 2.00 e. The Balaban J connectivity index is -0.000000173. The molecule has 0 bridgehead atoms. The summed E-state index contributed by atoms with van der Waals surface area (Å²) in [6.45, 7) is 26.2. The maximum atomic E-state index is 6.91. The smallest absolute Gasteiger partial charge is 0.675 e. The molecule has 4 aliphatic rings. The van der Waals surface area contributed by atoms with E-state index < -0.39 is 0 Å². The second-order valence-corrected chi connectivity index (χ2v) is 12.0. The van der Waals surface area contributed by atoms with Crippen LogP contribution in [0.4, 0.5) is 0 Å². The summed E-state index contributed by atoms with van der Waals surface area (Å²) in [5.74, 6) is 1.12. The van der Waals surface area contributed by atoms with Gasteiger partial charge in [0.05, 0.1) is 0 Å². The third-order valence-electron chi connectivity index (χ3n) is 6.16. The summed E-state index contributed by atoms with van der Waals surface area (Å²) in [7, 11) is 1.50. The Hall–Kier alpha value is 0.742. The van der Waals surface area contributed by atoms with E-state index in [0.29, 0.717) is 23.9 Å². The third-order valence-corrected chi connectivity index (χ3v) is 6.16. The van der Waals surface area contributed by atoms with Crippen molar-refractivity contribution in [3.05, 3.63) is 57.1 Å². The van der Waals surface area contributed by atoms with E-state index in [0.717, 1.165) is 44.7 Å². The standard InChI is InChI=1S/2C9H13.C4H8N.C3H6N.2C2H7Si.2Ti/c2*1-6-5-7(2)9(4)8(6)3;5-4-2-1-3-4;4-3-1-2-3;2*1-3-2;;/h2*6H,1-4H3;4-5H,1-3H2;3-4H,1-2H2;2*3H,1-2H3;;/q4*-1;;;2*+2. The van der Waals surface area contributed by atoms with Crippen molar-refractivity contribution < 1.29 is 43.4 Å². The Morgan fingerprint density at radius 2 is 0.829 bits per heavy atom. The van der Waals surface area contributed by atoms with E-state index in [1.54, 1.807) is 0 Å². The third kappa shape index (κ3) is 21.4. The van der Waals surface area contributed by atoms with Crippen LogP contribution in [0.25, 0.3) is 11.5 Å². The van der Waals surface area contributed by atoms with Gasteiger partial charge in [-0.15, -0.1) is 25.9 Å². The Labute approximate surface area is 255 Å². The average Bonchev–Trinajstić information content (AvgIpc) is 3.45. The minimum atomic E-state index is 0. The number of hydrogen-bond donors (Lipinski definition) is 0. The molecule has 0 spiro atoms. The molecule has 2 fully saturated rings. The van der Waals surface area contributed by atoms with E-state index in [1.165, 1.54) is 39.9 Å². The molecule has 0 aromatic carbocycles. The normalized spacial score (nSPS) is 21.7. The molecular weight excluding hydrogens is 528 g/mol. The zero-order valence-corrected chi connectivity index (χ0v) is 30.4. The summed E-state index contributed by atoms with van der Waals surface area (Å²) >= 11 is 0. The molecule has 0 saturated heterocycles. The van der Waals surface area contributed by atoms with Crippen LogP contribution >= 0.6 is 0 Å². The summed E-state index contributed by atoms with van der Waals surface area (Å²) in [5, 5.41) is 0. The van der Waals surface area contributed by atoms with E-state index in [2.05, 4.69) is 93.7 Å². The quantitative estimate of drug-likeness (QED) is 0.202. The number of nitrogens with one attached hydrogen (secondary N) is 2. The first kappa shape index (κ1) is 42.8. The van der Waals surface area contributed by atoms with Crippen LogP contribution in [0.3, 0.4) is 0 Å². The van der Waals surface area contributed by atoms with Crippen molar-refractivity contribution in [2.45, 2.75) is 126 Å². The van der Waals surface area contributed by atoms with Gasteiger partial charge in [0.25, 0.3) is 0 Å². The zero-order valence-electron chi connectivity index (χ0n) is 25.0. The first-order chi connectivity index (χ1) is 15.4. The van der Waals surface area contributed by atoms with Gasteiger partial charge in [0, 0.05) is 19.0 Å². The number of rotatable bonds is 0. The van der Waals surface area contributed by atoms with Crippen molar-refractivity contribution in [1.29, 1.82) is 0 Å². The van der Waals surface area contributed by atoms with E-state index in [-0.39, 0.29) is 43.4 Å². The molecule has 0 heterocycles. The molecule has 4 rings (SSSR count). The van der Waals surface area contributed by atoms with Gasteiger partial charge >= 0.3 is 43.4 Å². The monoisotopic (exact) mass is 582 g/mol. The van der Waals surface area contributed by atoms with Gasteiger partial charge < -0.3 is 11.5 Å². The second kappa shape index (κ2) is 25.0. The molecule has 2 saturated carbocycles. The van der Waals surface area contributed by atoms with E-state index in [1.807, 2.05) is 0 Å². The first-order valence-electron chi connectivity index (χ1n) is 12.8. The topological polar surface area (TPSA) is 47.6 Å². The van der Waals surface area contributed by atoms with Gasteiger partial charge in [-0.05, 0) is 0 Å². The van der Waals surface area contributed by atoms with Crippen LogP contribution in [0.15, 0.2) is 33.4 Å². The van der Waals surface area contributed by atoms with Gasteiger partial charge in [0.2, 0.25) is 0 Å². The fourth-order valence-corrected chi connectivity index (χ4v) is 2.82. The maximum absolute atomic E-state index is 6.91. The van der Waals surface area contributed by atoms with Crippen molar-refractivity contribution in [2.75, 3.05) is 0 Å². The molecule has 2 nitrogen and oxygen atoms in total. The van der Waals surface area contributed by atoms with Crippen LogP contribution in [0.5, 0.6) is 0 Å². The SMILES string of the molecule is CC1=[C-]C(C)C(C)=C1C.CC1=[C-]C(C)C(C)=C1C.C[SiH]C.C[SiH]C.[NH-]C1CC1.[NH-]C1CCC1.[Ti+2].[Ti+2]. The zero-order chi connectivity index (χ0) is 26.1. The van der Waals surface area contributed by atoms with Crippen molar-refractivity contribution in [3.8, 4) is 0 Å². The minimum Gasteiger partial charge on any atom is -0.675 e. The van der Waals surface area contributed by atoms with E-state index in [4.69, 9.17) is 11.5 Å². The summed E-state index contributed by atoms with van der Waals surface area (Å²) in [5.41, 5.74) is 22.1. The van der Waals surface area contributed by atoms with Crippen LogP contribution in [0.2, 0.25) is 26.2 Å². The Kier molecular flexibility index (Phi) is 30.6. The minimum absolute atomic E-state index is 0. The van der Waals surface area contributed by atoms with Gasteiger partial charge in [-0.3, -0.25) is 12.2 Å². The van der Waals surface area contributed by atoms with Crippen LogP contribution in [0.1, 0.15) is 87.5 Å². The van der Waals surface area contributed by atoms with Crippen LogP contribution in [-0.2, 0) is 43.4 Å². The molecule has 2 atom stereocenters. The van der Waals surface area contributed by atoms with Gasteiger partial charge in [-0.1, -0.05) is 112 Å². The summed E-state index contributed by atoms with van der Waals surface area (Å²) < 4.78 is 0. The summed E-state index contributed by atoms with van der Waals surface area (Å²) in [6.07, 6.45) is 12.6. The molecule has 0 aromatic rings. The van der Waals surface area contributed by atoms with Crippen LogP contribution < -0.4 is 0 Å². The molecule has 2 unspecified atom stereocenters. The molecule has 4 aliphatic carbocycles. The Bertz CT molecular complexity index is 616. The fraction of sp³-hybridized carbons (Fsp3) is 0.724. The molecule has 2 N–H and O–H groups in total. The van der Waals surface area contributed by atoms with Crippen LogP contribution in [0, 0.1) is 24.0 Å². The number of hydrogen-bond acceptors (Lipinski definition) is 0. The van der Waals surface area contributed by atoms with Gasteiger partial charge in [-0.25, -0.2) is 11.1 Å². The van der Waals surface area contributed by atoms with Crippen molar-refractivity contribution in [1.82, 2.24) is 0 Å². The van der Waals surface area contributed by atoms with Crippen molar-refractivity contribution >= 4 is 19.0 Å². The van der Waals surface area contributed by atoms with E-state index >= 15 is 0 Å². The molecule has 0 aliphatic heterocycles. The van der Waals surface area contributed by atoms with Crippen molar-refractivity contribution in [2.24, 2.45) is 11.8 Å². The maximum Gasteiger partial charge on any atom is 2.00 e. The molecule has 2 radical (unpaired) electrons.